The number of ether oxygens (including phenoxy) is 1. The van der Waals surface area contributed by atoms with Crippen molar-refractivity contribution < 1.29 is 31.9 Å². The Labute approximate surface area is 138 Å². The van der Waals surface area contributed by atoms with Gasteiger partial charge in [-0.3, -0.25) is 4.57 Å². The van der Waals surface area contributed by atoms with E-state index in [1.54, 1.807) is 0 Å². The third kappa shape index (κ3) is 5.07. The first kappa shape index (κ1) is 18.0. The molecule has 2 rings (SSSR count). The van der Waals surface area contributed by atoms with Crippen LogP contribution in [-0.4, -0.2) is 4.89 Å². The molecule has 0 aliphatic carbocycles. The van der Waals surface area contributed by atoms with E-state index < -0.39 is 25.7 Å². The highest BCUT2D eigenvalue weighted by Crippen LogP contribution is 2.40. The molecule has 0 aromatic heterocycles. The molecule has 0 radical (unpaired) electrons. The summed E-state index contributed by atoms with van der Waals surface area (Å²) in [6.07, 6.45) is -3.89. The molecule has 4 nitrogen and oxygen atoms in total. The second-order valence-corrected chi connectivity index (χ2v) is 6.03. The van der Waals surface area contributed by atoms with E-state index in [4.69, 9.17) is 9.63 Å². The van der Waals surface area contributed by atoms with Crippen LogP contribution in [0.25, 0.3) is 0 Å². The van der Waals surface area contributed by atoms with Crippen LogP contribution < -0.4 is 4.74 Å². The van der Waals surface area contributed by atoms with Crippen molar-refractivity contribution in [3.63, 3.8) is 0 Å². The van der Waals surface area contributed by atoms with Crippen molar-refractivity contribution in [1.82, 2.24) is 0 Å². The first-order chi connectivity index (χ1) is 10.8. The van der Waals surface area contributed by atoms with Crippen LogP contribution in [0.3, 0.4) is 0 Å². The molecule has 0 heterocycles. The minimum Gasteiger partial charge on any atom is -0.489 e. The lowest BCUT2D eigenvalue weighted by atomic mass is 10.1. The second kappa shape index (κ2) is 7.49. The van der Waals surface area contributed by atoms with E-state index in [0.29, 0.717) is 11.3 Å². The van der Waals surface area contributed by atoms with Gasteiger partial charge in [-0.2, -0.15) is 8.78 Å². The molecule has 0 aliphatic heterocycles. The fraction of sp³-hybridized carbons (Fsp3) is 0.143. The van der Waals surface area contributed by atoms with Crippen molar-refractivity contribution in [3.05, 3.63) is 63.9 Å². The summed E-state index contributed by atoms with van der Waals surface area (Å²) in [5.74, 6) is 0.0361. The Balaban J connectivity index is 2.09. The first-order valence-corrected chi connectivity index (χ1v) is 8.30. The summed E-state index contributed by atoms with van der Waals surface area (Å²) < 4.78 is 59.7. The van der Waals surface area contributed by atoms with Crippen LogP contribution in [0.15, 0.2) is 46.9 Å². The van der Waals surface area contributed by atoms with Gasteiger partial charge in [0.1, 0.15) is 18.2 Å². The third-order valence-corrected chi connectivity index (χ3v) is 3.87. The van der Waals surface area contributed by atoms with E-state index in [2.05, 4.69) is 20.5 Å². The summed E-state index contributed by atoms with van der Waals surface area (Å²) in [6.45, 7) is 0.0769. The number of benzene rings is 2. The Kier molecular flexibility index (Phi) is 5.86. The Morgan fingerprint density at radius 3 is 2.39 bits per heavy atom. The number of hydrogen-bond donors (Lipinski definition) is 1. The lowest BCUT2D eigenvalue weighted by Gasteiger charge is -2.17. The van der Waals surface area contributed by atoms with Crippen molar-refractivity contribution >= 4 is 24.2 Å². The zero-order valence-electron chi connectivity index (χ0n) is 11.4. The SMILES string of the molecule is O=[PH](O)OC(F)(F)c1ccc(COc2ccc(F)cc2)cc1Br. The molecule has 0 fully saturated rings. The molecule has 0 spiro atoms. The normalized spacial score (nSPS) is 12.9. The zero-order chi connectivity index (χ0) is 17.0. The maximum Gasteiger partial charge on any atom is 0.390 e. The van der Waals surface area contributed by atoms with Crippen LogP contribution in [-0.2, 0) is 21.8 Å². The van der Waals surface area contributed by atoms with Crippen molar-refractivity contribution in [1.29, 1.82) is 0 Å². The van der Waals surface area contributed by atoms with Gasteiger partial charge in [-0.25, -0.2) is 8.91 Å². The van der Waals surface area contributed by atoms with E-state index >= 15 is 0 Å². The molecule has 0 amide bonds. The number of halogens is 4. The lowest BCUT2D eigenvalue weighted by Crippen LogP contribution is -2.15. The fourth-order valence-electron chi connectivity index (χ4n) is 1.75. The molecular formula is C14H11BrF3O4P. The van der Waals surface area contributed by atoms with Crippen LogP contribution in [0, 0.1) is 5.82 Å². The summed E-state index contributed by atoms with van der Waals surface area (Å²) in [5, 5.41) is 0. The molecule has 2 aromatic carbocycles. The van der Waals surface area contributed by atoms with Crippen LogP contribution in [0.4, 0.5) is 13.2 Å². The smallest absolute Gasteiger partial charge is 0.390 e. The van der Waals surface area contributed by atoms with Gasteiger partial charge in [0.15, 0.2) is 0 Å². The molecule has 0 saturated heterocycles. The zero-order valence-corrected chi connectivity index (χ0v) is 14.0. The Morgan fingerprint density at radius 2 is 1.83 bits per heavy atom. The fourth-order valence-corrected chi connectivity index (χ4v) is 2.73. The van der Waals surface area contributed by atoms with E-state index in [1.165, 1.54) is 36.4 Å². The Morgan fingerprint density at radius 1 is 1.17 bits per heavy atom. The topological polar surface area (TPSA) is 55.8 Å². The maximum atomic E-state index is 13.6. The summed E-state index contributed by atoms with van der Waals surface area (Å²) in [4.78, 5) is 8.51. The van der Waals surface area contributed by atoms with E-state index in [-0.39, 0.29) is 11.1 Å². The lowest BCUT2D eigenvalue weighted by molar-refractivity contribution is -0.186. The largest absolute Gasteiger partial charge is 0.489 e. The van der Waals surface area contributed by atoms with Crippen LogP contribution >= 0.6 is 24.2 Å². The van der Waals surface area contributed by atoms with Gasteiger partial charge in [-0.1, -0.05) is 22.0 Å². The monoisotopic (exact) mass is 410 g/mol. The van der Waals surface area contributed by atoms with Crippen LogP contribution in [0.1, 0.15) is 11.1 Å². The molecule has 1 atom stereocenters. The molecule has 23 heavy (non-hydrogen) atoms. The summed E-state index contributed by atoms with van der Waals surface area (Å²) in [5.41, 5.74) is -0.00664. The minimum atomic E-state index is -3.89. The van der Waals surface area contributed by atoms with Gasteiger partial charge < -0.3 is 9.63 Å². The molecule has 0 saturated carbocycles. The van der Waals surface area contributed by atoms with Crippen molar-refractivity contribution in [2.75, 3.05) is 0 Å². The van der Waals surface area contributed by atoms with Crippen LogP contribution in [0.5, 0.6) is 5.75 Å². The summed E-state index contributed by atoms with van der Waals surface area (Å²) >= 11 is 2.97. The summed E-state index contributed by atoms with van der Waals surface area (Å²) in [7, 11) is -3.79. The molecule has 1 unspecified atom stereocenters. The molecule has 0 bridgehead atoms. The Hall–Kier alpha value is -1.34. The second-order valence-electron chi connectivity index (χ2n) is 4.44. The summed E-state index contributed by atoms with van der Waals surface area (Å²) in [6, 6.07) is 9.19. The van der Waals surface area contributed by atoms with Crippen molar-refractivity contribution in [2.45, 2.75) is 12.7 Å². The highest BCUT2D eigenvalue weighted by atomic mass is 79.9. The average molecular weight is 411 g/mol. The van der Waals surface area contributed by atoms with Gasteiger partial charge in [0.2, 0.25) is 0 Å². The molecular weight excluding hydrogens is 400 g/mol. The predicted octanol–water partition coefficient (Wildman–Crippen LogP) is 4.62. The maximum absolute atomic E-state index is 13.6. The van der Waals surface area contributed by atoms with E-state index in [9.17, 15) is 17.7 Å². The molecule has 124 valence electrons. The van der Waals surface area contributed by atoms with Gasteiger partial charge in [-0.15, -0.1) is 0 Å². The van der Waals surface area contributed by atoms with Crippen molar-refractivity contribution in [2.24, 2.45) is 0 Å². The molecule has 1 N–H and O–H groups in total. The number of hydrogen-bond acceptors (Lipinski definition) is 3. The third-order valence-electron chi connectivity index (χ3n) is 2.78. The van der Waals surface area contributed by atoms with Gasteiger partial charge in [0.05, 0.1) is 5.56 Å². The van der Waals surface area contributed by atoms with Crippen LogP contribution in [0.2, 0.25) is 0 Å². The van der Waals surface area contributed by atoms with Gasteiger partial charge in [-0.05, 0) is 42.0 Å². The molecule has 9 heteroatoms. The number of alkyl halides is 2. The highest BCUT2D eigenvalue weighted by molar-refractivity contribution is 9.10. The quantitative estimate of drug-likeness (QED) is 0.706. The first-order valence-electron chi connectivity index (χ1n) is 6.25. The highest BCUT2D eigenvalue weighted by Gasteiger charge is 2.37. The van der Waals surface area contributed by atoms with Gasteiger partial charge >= 0.3 is 14.4 Å². The van der Waals surface area contributed by atoms with Crippen molar-refractivity contribution in [3.8, 4) is 5.75 Å². The minimum absolute atomic E-state index is 0.00551. The molecule has 2 aromatic rings. The van der Waals surface area contributed by atoms with Gasteiger partial charge in [0, 0.05) is 4.47 Å². The van der Waals surface area contributed by atoms with E-state index in [0.717, 1.165) is 6.07 Å². The standard InChI is InChI=1S/C14H11BrF3O4P/c15-13-7-9(8-21-11-4-2-10(16)3-5-11)1-6-12(13)14(17,18)22-23(19)20/h1-7,23H,8H2,(H,19,20). The van der Waals surface area contributed by atoms with E-state index in [1.807, 2.05) is 0 Å². The Bertz CT molecular complexity index is 710. The van der Waals surface area contributed by atoms with Gasteiger partial charge in [0.25, 0.3) is 0 Å². The molecule has 0 aliphatic rings. The number of rotatable bonds is 6. The predicted molar refractivity (Wildman–Crippen MR) is 81.1 cm³/mol. The average Bonchev–Trinajstić information content (AvgIpc) is 2.45.